The summed E-state index contributed by atoms with van der Waals surface area (Å²) in [5, 5.41) is 0. The number of benzene rings is 1. The molecule has 0 aliphatic heterocycles. The van der Waals surface area contributed by atoms with E-state index in [2.05, 4.69) is 28.2 Å². The van der Waals surface area contributed by atoms with Crippen molar-refractivity contribution in [1.82, 2.24) is 9.97 Å². The lowest BCUT2D eigenvalue weighted by Crippen LogP contribution is -2.16. The van der Waals surface area contributed by atoms with E-state index in [1.807, 2.05) is 6.07 Å². The van der Waals surface area contributed by atoms with E-state index in [9.17, 15) is 0 Å². The van der Waals surface area contributed by atoms with Gasteiger partial charge in [-0.05, 0) is 48.4 Å². The van der Waals surface area contributed by atoms with Gasteiger partial charge in [-0.1, -0.05) is 18.2 Å². The largest absolute Gasteiger partial charge is 0.321 e. The van der Waals surface area contributed by atoms with Gasteiger partial charge in [-0.15, -0.1) is 0 Å². The molecular formula is C15H17N3. The van der Waals surface area contributed by atoms with Gasteiger partial charge in [0, 0.05) is 12.4 Å². The first-order chi connectivity index (χ1) is 8.83. The summed E-state index contributed by atoms with van der Waals surface area (Å²) in [5.74, 6) is 0.720. The van der Waals surface area contributed by atoms with Crippen molar-refractivity contribution in [2.24, 2.45) is 5.73 Å². The zero-order chi connectivity index (χ0) is 12.4. The van der Waals surface area contributed by atoms with Crippen molar-refractivity contribution in [3.05, 3.63) is 59.2 Å². The summed E-state index contributed by atoms with van der Waals surface area (Å²) in [5.41, 5.74) is 10.4. The number of aromatic nitrogens is 2. The Morgan fingerprint density at radius 2 is 1.89 bits per heavy atom. The lowest BCUT2D eigenvalue weighted by Gasteiger charge is -2.11. The SMILES string of the molecule is NC(Cc1ccc2c(c1)CCC2)c1ncccn1. The highest BCUT2D eigenvalue weighted by Crippen LogP contribution is 2.24. The summed E-state index contributed by atoms with van der Waals surface area (Å²) in [4.78, 5) is 8.42. The summed E-state index contributed by atoms with van der Waals surface area (Å²) in [6.07, 6.45) is 8.00. The molecule has 0 radical (unpaired) electrons. The van der Waals surface area contributed by atoms with E-state index in [1.165, 1.54) is 36.0 Å². The fourth-order valence-corrected chi connectivity index (χ4v) is 2.60. The molecule has 1 aliphatic rings. The molecule has 0 spiro atoms. The Balaban J connectivity index is 1.77. The predicted octanol–water partition coefficient (Wildman–Crippen LogP) is 2.21. The highest BCUT2D eigenvalue weighted by Gasteiger charge is 2.13. The number of rotatable bonds is 3. The van der Waals surface area contributed by atoms with Crippen LogP contribution in [-0.4, -0.2) is 9.97 Å². The van der Waals surface area contributed by atoms with Gasteiger partial charge in [0.1, 0.15) is 5.82 Å². The maximum Gasteiger partial charge on any atom is 0.145 e. The molecule has 18 heavy (non-hydrogen) atoms. The van der Waals surface area contributed by atoms with E-state index in [1.54, 1.807) is 12.4 Å². The third kappa shape index (κ3) is 2.27. The van der Waals surface area contributed by atoms with Crippen molar-refractivity contribution in [2.75, 3.05) is 0 Å². The van der Waals surface area contributed by atoms with Crippen molar-refractivity contribution >= 4 is 0 Å². The van der Waals surface area contributed by atoms with E-state index in [0.717, 1.165) is 12.2 Å². The maximum absolute atomic E-state index is 6.15. The fraction of sp³-hybridized carbons (Fsp3) is 0.333. The molecule has 0 saturated heterocycles. The number of aryl methyl sites for hydroxylation is 2. The smallest absolute Gasteiger partial charge is 0.145 e. The average Bonchev–Trinajstić information content (AvgIpc) is 2.87. The van der Waals surface area contributed by atoms with Crippen LogP contribution in [0, 0.1) is 0 Å². The standard InChI is InChI=1S/C15H17N3/c16-14(15-17-7-2-8-18-15)10-11-5-6-12-3-1-4-13(12)9-11/h2,5-9,14H,1,3-4,10,16H2. The average molecular weight is 239 g/mol. The highest BCUT2D eigenvalue weighted by molar-refractivity contribution is 5.35. The van der Waals surface area contributed by atoms with Crippen LogP contribution in [0.5, 0.6) is 0 Å². The molecule has 1 unspecified atom stereocenters. The van der Waals surface area contributed by atoms with Crippen LogP contribution in [-0.2, 0) is 19.3 Å². The lowest BCUT2D eigenvalue weighted by atomic mass is 10.0. The molecule has 0 saturated carbocycles. The van der Waals surface area contributed by atoms with Gasteiger partial charge >= 0.3 is 0 Å². The van der Waals surface area contributed by atoms with E-state index in [-0.39, 0.29) is 6.04 Å². The minimum Gasteiger partial charge on any atom is -0.321 e. The molecule has 3 rings (SSSR count). The normalized spacial score (nSPS) is 15.4. The molecule has 1 aromatic carbocycles. The van der Waals surface area contributed by atoms with Crippen LogP contribution in [0.15, 0.2) is 36.7 Å². The summed E-state index contributed by atoms with van der Waals surface area (Å²) in [6.45, 7) is 0. The maximum atomic E-state index is 6.15. The van der Waals surface area contributed by atoms with Crippen LogP contribution in [0.2, 0.25) is 0 Å². The van der Waals surface area contributed by atoms with Crippen LogP contribution in [0.25, 0.3) is 0 Å². The van der Waals surface area contributed by atoms with Crippen LogP contribution < -0.4 is 5.73 Å². The second kappa shape index (κ2) is 4.86. The Morgan fingerprint density at radius 1 is 1.11 bits per heavy atom. The third-order valence-corrected chi connectivity index (χ3v) is 3.54. The Morgan fingerprint density at radius 3 is 2.72 bits per heavy atom. The second-order valence-corrected chi connectivity index (χ2v) is 4.87. The molecule has 0 bridgehead atoms. The van der Waals surface area contributed by atoms with E-state index < -0.39 is 0 Å². The zero-order valence-corrected chi connectivity index (χ0v) is 10.3. The predicted molar refractivity (Wildman–Crippen MR) is 71.1 cm³/mol. The van der Waals surface area contributed by atoms with Crippen LogP contribution in [0.4, 0.5) is 0 Å². The number of nitrogens with zero attached hydrogens (tertiary/aromatic N) is 2. The third-order valence-electron chi connectivity index (χ3n) is 3.54. The molecule has 2 aromatic rings. The van der Waals surface area contributed by atoms with E-state index in [4.69, 9.17) is 5.73 Å². The Labute approximate surface area is 107 Å². The Hall–Kier alpha value is -1.74. The quantitative estimate of drug-likeness (QED) is 0.893. The molecule has 92 valence electrons. The van der Waals surface area contributed by atoms with Gasteiger partial charge in [-0.25, -0.2) is 9.97 Å². The number of hydrogen-bond donors (Lipinski definition) is 1. The minimum absolute atomic E-state index is 0.120. The highest BCUT2D eigenvalue weighted by atomic mass is 14.9. The molecule has 1 atom stereocenters. The van der Waals surface area contributed by atoms with Gasteiger partial charge in [0.2, 0.25) is 0 Å². The van der Waals surface area contributed by atoms with Crippen molar-refractivity contribution < 1.29 is 0 Å². The van der Waals surface area contributed by atoms with Crippen LogP contribution in [0.3, 0.4) is 0 Å². The number of hydrogen-bond acceptors (Lipinski definition) is 3. The molecule has 3 nitrogen and oxygen atoms in total. The first-order valence-corrected chi connectivity index (χ1v) is 6.46. The lowest BCUT2D eigenvalue weighted by molar-refractivity contribution is 0.666. The monoisotopic (exact) mass is 239 g/mol. The number of fused-ring (bicyclic) bond motifs is 1. The van der Waals surface area contributed by atoms with Gasteiger partial charge in [0.25, 0.3) is 0 Å². The molecule has 0 amide bonds. The number of nitrogens with two attached hydrogens (primary N) is 1. The van der Waals surface area contributed by atoms with Crippen LogP contribution >= 0.6 is 0 Å². The Bertz CT molecular complexity index is 537. The van der Waals surface area contributed by atoms with Crippen molar-refractivity contribution in [1.29, 1.82) is 0 Å². The summed E-state index contributed by atoms with van der Waals surface area (Å²) in [7, 11) is 0. The van der Waals surface area contributed by atoms with Crippen molar-refractivity contribution in [3.63, 3.8) is 0 Å². The molecule has 2 N–H and O–H groups in total. The molecule has 0 fully saturated rings. The van der Waals surface area contributed by atoms with Crippen LogP contribution in [0.1, 0.15) is 35.0 Å². The van der Waals surface area contributed by atoms with Crippen molar-refractivity contribution in [3.8, 4) is 0 Å². The van der Waals surface area contributed by atoms with Gasteiger partial charge in [-0.2, -0.15) is 0 Å². The molecule has 3 heteroatoms. The van der Waals surface area contributed by atoms with Gasteiger partial charge in [-0.3, -0.25) is 0 Å². The van der Waals surface area contributed by atoms with E-state index in [0.29, 0.717) is 0 Å². The fourth-order valence-electron chi connectivity index (χ4n) is 2.60. The Kier molecular flexibility index (Phi) is 3.07. The van der Waals surface area contributed by atoms with Crippen molar-refractivity contribution in [2.45, 2.75) is 31.7 Å². The zero-order valence-electron chi connectivity index (χ0n) is 10.3. The second-order valence-electron chi connectivity index (χ2n) is 4.87. The summed E-state index contributed by atoms with van der Waals surface area (Å²) >= 11 is 0. The van der Waals surface area contributed by atoms with Gasteiger partial charge < -0.3 is 5.73 Å². The van der Waals surface area contributed by atoms with E-state index >= 15 is 0 Å². The van der Waals surface area contributed by atoms with Gasteiger partial charge in [0.15, 0.2) is 0 Å². The molecular weight excluding hydrogens is 222 g/mol. The molecule has 1 aromatic heterocycles. The minimum atomic E-state index is -0.120. The first-order valence-electron chi connectivity index (χ1n) is 6.46. The first kappa shape index (κ1) is 11.4. The van der Waals surface area contributed by atoms with Gasteiger partial charge in [0.05, 0.1) is 6.04 Å². The molecule has 1 heterocycles. The molecule has 1 aliphatic carbocycles. The summed E-state index contributed by atoms with van der Waals surface area (Å²) < 4.78 is 0. The summed E-state index contributed by atoms with van der Waals surface area (Å²) in [6, 6.07) is 8.42. The topological polar surface area (TPSA) is 51.8 Å².